The normalized spacial score (nSPS) is 17.9. The highest BCUT2D eigenvalue weighted by atomic mass is 19.1. The van der Waals surface area contributed by atoms with Crippen molar-refractivity contribution in [3.63, 3.8) is 0 Å². The molecular formula is C33H34FNO2. The van der Waals surface area contributed by atoms with E-state index >= 15 is 0 Å². The zero-order valence-electron chi connectivity index (χ0n) is 21.5. The van der Waals surface area contributed by atoms with Crippen molar-refractivity contribution in [2.24, 2.45) is 5.92 Å². The molecule has 0 amide bonds. The van der Waals surface area contributed by atoms with E-state index in [1.54, 1.807) is 6.07 Å². The Labute approximate surface area is 218 Å². The third-order valence-electron chi connectivity index (χ3n) is 8.01. The third-order valence-corrected chi connectivity index (χ3v) is 8.01. The van der Waals surface area contributed by atoms with Crippen molar-refractivity contribution >= 4 is 16.7 Å². The number of carboxylic acid groups (broad SMARTS) is 1. The van der Waals surface area contributed by atoms with Crippen LogP contribution in [0, 0.1) is 18.7 Å². The smallest absolute Gasteiger partial charge is 0.335 e. The van der Waals surface area contributed by atoms with Crippen molar-refractivity contribution in [2.45, 2.75) is 51.5 Å². The van der Waals surface area contributed by atoms with Crippen LogP contribution in [0.5, 0.6) is 0 Å². The molecule has 0 heterocycles. The van der Waals surface area contributed by atoms with Gasteiger partial charge in [0.15, 0.2) is 0 Å². The first kappa shape index (κ1) is 25.2. The van der Waals surface area contributed by atoms with Crippen molar-refractivity contribution in [1.82, 2.24) is 5.32 Å². The fraction of sp³-hybridized carbons (Fsp3) is 0.303. The number of aromatic carboxylic acids is 1. The van der Waals surface area contributed by atoms with Crippen LogP contribution >= 0.6 is 0 Å². The highest BCUT2D eigenvalue weighted by molar-refractivity contribution is 5.89. The number of carbonyl (C=O) groups is 1. The van der Waals surface area contributed by atoms with E-state index in [4.69, 9.17) is 0 Å². The Hall–Kier alpha value is -3.50. The summed E-state index contributed by atoms with van der Waals surface area (Å²) in [6.45, 7) is 4.89. The Morgan fingerprint density at radius 1 is 1.03 bits per heavy atom. The van der Waals surface area contributed by atoms with Crippen LogP contribution in [0.3, 0.4) is 0 Å². The maximum absolute atomic E-state index is 14.2. The lowest BCUT2D eigenvalue weighted by atomic mass is 9.72. The Bertz CT molecular complexity index is 1430. The van der Waals surface area contributed by atoms with E-state index in [-0.39, 0.29) is 17.8 Å². The molecule has 3 atom stereocenters. The minimum atomic E-state index is -0.867. The number of hydrogen-bond acceptors (Lipinski definition) is 2. The second-order valence-electron chi connectivity index (χ2n) is 10.4. The van der Waals surface area contributed by atoms with Crippen LogP contribution in [0.2, 0.25) is 0 Å². The summed E-state index contributed by atoms with van der Waals surface area (Å²) in [5.41, 5.74) is 6.11. The van der Waals surface area contributed by atoms with Crippen LogP contribution in [0.4, 0.5) is 4.39 Å². The van der Waals surface area contributed by atoms with E-state index in [1.165, 1.54) is 11.1 Å². The SMILES string of the molecule is Cc1ccc(C2C[C@H](CCCN[C@H](C)c3ccc(F)c4ccccc34)Cc3ccccc32)cc1C(=O)O. The van der Waals surface area contributed by atoms with E-state index in [9.17, 15) is 14.3 Å². The number of nitrogens with one attached hydrogen (secondary N) is 1. The standard InChI is InChI=1S/C33H34FNO2/c1-21-13-14-25(20-30(21)33(36)37)31-19-23(18-24-9-3-4-10-27(24)31)8-7-17-35-22(2)26-15-16-32(34)29-12-6-5-11-28(26)29/h3-6,9-16,20,22-23,31,35H,7-8,17-19H2,1-2H3,(H,36,37)/t22-,23-,31?/m1/s1. The molecule has 37 heavy (non-hydrogen) atoms. The topological polar surface area (TPSA) is 49.3 Å². The van der Waals surface area contributed by atoms with Gasteiger partial charge in [0.1, 0.15) is 5.82 Å². The highest BCUT2D eigenvalue weighted by Gasteiger charge is 2.28. The number of hydrogen-bond donors (Lipinski definition) is 2. The first-order chi connectivity index (χ1) is 17.9. The molecule has 2 N–H and O–H groups in total. The summed E-state index contributed by atoms with van der Waals surface area (Å²) in [6.07, 6.45) is 4.24. The van der Waals surface area contributed by atoms with Gasteiger partial charge in [-0.3, -0.25) is 0 Å². The van der Waals surface area contributed by atoms with Gasteiger partial charge in [-0.2, -0.15) is 0 Å². The molecule has 0 saturated carbocycles. The van der Waals surface area contributed by atoms with E-state index in [0.29, 0.717) is 16.9 Å². The number of carboxylic acids is 1. The molecule has 4 heteroatoms. The van der Waals surface area contributed by atoms with Crippen molar-refractivity contribution in [3.05, 3.63) is 118 Å². The molecule has 1 unspecified atom stereocenters. The van der Waals surface area contributed by atoms with Crippen molar-refractivity contribution in [1.29, 1.82) is 0 Å². The Morgan fingerprint density at radius 3 is 2.59 bits per heavy atom. The van der Waals surface area contributed by atoms with Gasteiger partial charge >= 0.3 is 5.97 Å². The van der Waals surface area contributed by atoms with Gasteiger partial charge in [0, 0.05) is 17.3 Å². The Morgan fingerprint density at radius 2 is 1.78 bits per heavy atom. The first-order valence-electron chi connectivity index (χ1n) is 13.2. The fourth-order valence-electron chi connectivity index (χ4n) is 6.02. The summed E-state index contributed by atoms with van der Waals surface area (Å²) in [7, 11) is 0. The minimum Gasteiger partial charge on any atom is -0.478 e. The maximum Gasteiger partial charge on any atom is 0.335 e. The average molecular weight is 496 g/mol. The fourth-order valence-corrected chi connectivity index (χ4v) is 6.02. The van der Waals surface area contributed by atoms with Gasteiger partial charge in [-0.05, 0) is 97.3 Å². The number of benzene rings is 4. The van der Waals surface area contributed by atoms with Gasteiger partial charge in [0.05, 0.1) is 5.56 Å². The van der Waals surface area contributed by atoms with E-state index in [1.807, 2.05) is 49.4 Å². The van der Waals surface area contributed by atoms with E-state index in [0.717, 1.165) is 54.3 Å². The summed E-state index contributed by atoms with van der Waals surface area (Å²) in [4.78, 5) is 11.8. The van der Waals surface area contributed by atoms with Crippen LogP contribution < -0.4 is 5.32 Å². The van der Waals surface area contributed by atoms with E-state index in [2.05, 4.69) is 42.6 Å². The van der Waals surface area contributed by atoms with E-state index < -0.39 is 5.97 Å². The van der Waals surface area contributed by atoms with Crippen LogP contribution in [0.25, 0.3) is 10.8 Å². The lowest BCUT2D eigenvalue weighted by Crippen LogP contribution is -2.23. The van der Waals surface area contributed by atoms with Crippen LogP contribution in [0.15, 0.2) is 78.9 Å². The molecule has 3 nitrogen and oxygen atoms in total. The largest absolute Gasteiger partial charge is 0.478 e. The molecule has 0 bridgehead atoms. The second-order valence-corrected chi connectivity index (χ2v) is 10.4. The maximum atomic E-state index is 14.2. The summed E-state index contributed by atoms with van der Waals surface area (Å²) < 4.78 is 14.2. The van der Waals surface area contributed by atoms with Gasteiger partial charge in [0.2, 0.25) is 0 Å². The Kier molecular flexibility index (Phi) is 7.38. The average Bonchev–Trinajstić information content (AvgIpc) is 2.91. The van der Waals surface area contributed by atoms with Crippen molar-refractivity contribution in [3.8, 4) is 0 Å². The summed E-state index contributed by atoms with van der Waals surface area (Å²) in [5, 5.41) is 14.9. The van der Waals surface area contributed by atoms with Gasteiger partial charge < -0.3 is 10.4 Å². The zero-order valence-corrected chi connectivity index (χ0v) is 21.5. The number of fused-ring (bicyclic) bond motifs is 2. The van der Waals surface area contributed by atoms with Crippen molar-refractivity contribution in [2.75, 3.05) is 6.54 Å². The summed E-state index contributed by atoms with van der Waals surface area (Å²) >= 11 is 0. The summed E-state index contributed by atoms with van der Waals surface area (Å²) in [6, 6.07) is 25.8. The van der Waals surface area contributed by atoms with Gasteiger partial charge in [0.25, 0.3) is 0 Å². The number of rotatable bonds is 8. The molecule has 0 fully saturated rings. The second kappa shape index (κ2) is 10.9. The van der Waals surface area contributed by atoms with Gasteiger partial charge in [-0.1, -0.05) is 66.7 Å². The third kappa shape index (κ3) is 5.30. The molecule has 1 aliphatic carbocycles. The lowest BCUT2D eigenvalue weighted by molar-refractivity contribution is 0.0696. The molecule has 4 aromatic carbocycles. The number of aryl methyl sites for hydroxylation is 1. The monoisotopic (exact) mass is 495 g/mol. The molecule has 0 saturated heterocycles. The predicted octanol–water partition coefficient (Wildman–Crippen LogP) is 7.81. The van der Waals surface area contributed by atoms with Crippen molar-refractivity contribution < 1.29 is 14.3 Å². The van der Waals surface area contributed by atoms with Gasteiger partial charge in [-0.25, -0.2) is 9.18 Å². The highest BCUT2D eigenvalue weighted by Crippen LogP contribution is 2.41. The molecule has 0 radical (unpaired) electrons. The molecule has 1 aliphatic rings. The molecule has 5 rings (SSSR count). The Balaban J connectivity index is 1.26. The molecular weight excluding hydrogens is 461 g/mol. The zero-order chi connectivity index (χ0) is 25.9. The van der Waals surface area contributed by atoms with Crippen LogP contribution in [0.1, 0.15) is 76.3 Å². The lowest BCUT2D eigenvalue weighted by Gasteiger charge is -2.32. The molecule has 0 spiro atoms. The summed E-state index contributed by atoms with van der Waals surface area (Å²) in [5.74, 6) is -0.291. The molecule has 0 aromatic heterocycles. The minimum absolute atomic E-state index is 0.132. The van der Waals surface area contributed by atoms with Gasteiger partial charge in [-0.15, -0.1) is 0 Å². The first-order valence-corrected chi connectivity index (χ1v) is 13.2. The molecule has 190 valence electrons. The quantitative estimate of drug-likeness (QED) is 0.245. The molecule has 0 aliphatic heterocycles. The van der Waals surface area contributed by atoms with Crippen LogP contribution in [-0.2, 0) is 6.42 Å². The number of halogens is 1. The predicted molar refractivity (Wildman–Crippen MR) is 148 cm³/mol. The molecule has 4 aromatic rings. The van der Waals surface area contributed by atoms with Crippen LogP contribution in [-0.4, -0.2) is 17.6 Å².